The molecule has 0 aromatic rings. The fraction of sp³-hybridized carbons (Fsp3) is 0.909. The van der Waals surface area contributed by atoms with Crippen molar-refractivity contribution in [1.29, 1.82) is 0 Å². The van der Waals surface area contributed by atoms with E-state index in [1.54, 1.807) is 0 Å². The molecule has 1 atom stereocenters. The molecule has 0 saturated carbocycles. The van der Waals surface area contributed by atoms with Crippen LogP contribution in [0.15, 0.2) is 0 Å². The van der Waals surface area contributed by atoms with Gasteiger partial charge in [0.25, 0.3) is 0 Å². The molecule has 0 aromatic heterocycles. The first kappa shape index (κ1) is 11.5. The number of likely N-dealkylation sites (tertiary alicyclic amines) is 1. The molecule has 1 fully saturated rings. The minimum Gasteiger partial charge on any atom is -0.341 e. The Morgan fingerprint density at radius 1 is 1.29 bits per heavy atom. The molecule has 1 saturated heterocycles. The number of likely N-dealkylation sites (N-methyl/N-ethyl adjacent to an activating group) is 1. The smallest absolute Gasteiger partial charge is 0.239 e. The van der Waals surface area contributed by atoms with E-state index in [1.165, 1.54) is 12.8 Å². The molecular weight excluding hydrogens is 176 g/mol. The van der Waals surface area contributed by atoms with Crippen LogP contribution in [0.2, 0.25) is 0 Å². The fourth-order valence-corrected chi connectivity index (χ4v) is 2.13. The molecule has 0 radical (unpaired) electrons. The van der Waals surface area contributed by atoms with E-state index in [2.05, 4.69) is 18.7 Å². The normalized spacial score (nSPS) is 19.0. The topological polar surface area (TPSA) is 23.6 Å². The zero-order valence-corrected chi connectivity index (χ0v) is 9.62. The van der Waals surface area contributed by atoms with Gasteiger partial charge in [-0.2, -0.15) is 0 Å². The van der Waals surface area contributed by atoms with Crippen LogP contribution in [-0.4, -0.2) is 47.9 Å². The third-order valence-electron chi connectivity index (χ3n) is 3.14. The molecule has 0 bridgehead atoms. The third kappa shape index (κ3) is 2.47. The summed E-state index contributed by atoms with van der Waals surface area (Å²) >= 11 is 0. The maximum Gasteiger partial charge on any atom is 0.239 e. The van der Waals surface area contributed by atoms with E-state index < -0.39 is 0 Å². The number of amides is 1. The molecule has 1 unspecified atom stereocenters. The molecule has 1 aliphatic rings. The first-order valence-electron chi connectivity index (χ1n) is 5.73. The van der Waals surface area contributed by atoms with Crippen molar-refractivity contribution >= 4 is 5.91 Å². The predicted molar refractivity (Wildman–Crippen MR) is 58.2 cm³/mol. The van der Waals surface area contributed by atoms with Gasteiger partial charge in [-0.3, -0.25) is 9.69 Å². The van der Waals surface area contributed by atoms with Crippen LogP contribution >= 0.6 is 0 Å². The molecule has 0 aromatic carbocycles. The lowest BCUT2D eigenvalue weighted by atomic mass is 10.2. The Bertz CT molecular complexity index is 184. The number of carbonyl (C=O) groups excluding carboxylic acids is 1. The molecule has 3 heteroatoms. The van der Waals surface area contributed by atoms with Gasteiger partial charge in [0.1, 0.15) is 0 Å². The van der Waals surface area contributed by atoms with Gasteiger partial charge in [-0.1, -0.05) is 13.8 Å². The first-order valence-corrected chi connectivity index (χ1v) is 5.73. The van der Waals surface area contributed by atoms with Crippen molar-refractivity contribution in [1.82, 2.24) is 9.80 Å². The zero-order valence-electron chi connectivity index (χ0n) is 9.62. The van der Waals surface area contributed by atoms with E-state index in [9.17, 15) is 4.79 Å². The van der Waals surface area contributed by atoms with E-state index in [1.807, 2.05) is 11.8 Å². The largest absolute Gasteiger partial charge is 0.341 e. The van der Waals surface area contributed by atoms with Crippen molar-refractivity contribution in [3.8, 4) is 0 Å². The molecule has 1 amide bonds. The fourth-order valence-electron chi connectivity index (χ4n) is 2.13. The predicted octanol–water partition coefficient (Wildman–Crippen LogP) is 1.34. The summed E-state index contributed by atoms with van der Waals surface area (Å²) in [7, 11) is 0. The number of rotatable bonds is 4. The summed E-state index contributed by atoms with van der Waals surface area (Å²) in [4.78, 5) is 16.2. The monoisotopic (exact) mass is 198 g/mol. The van der Waals surface area contributed by atoms with Crippen molar-refractivity contribution in [2.75, 3.05) is 26.2 Å². The summed E-state index contributed by atoms with van der Waals surface area (Å²) in [6.45, 7) is 10.1. The van der Waals surface area contributed by atoms with Crippen LogP contribution in [0.25, 0.3) is 0 Å². The summed E-state index contributed by atoms with van der Waals surface area (Å²) in [6.07, 6.45) is 2.35. The van der Waals surface area contributed by atoms with E-state index in [0.29, 0.717) is 5.91 Å². The summed E-state index contributed by atoms with van der Waals surface area (Å²) in [5, 5.41) is 0. The maximum atomic E-state index is 12.0. The standard InChI is InChI=1S/C11H22N2O/c1-4-12(5-2)10(3)11(14)13-8-6-7-9-13/h10H,4-9H2,1-3H3. The van der Waals surface area contributed by atoms with Gasteiger partial charge in [0, 0.05) is 13.1 Å². The molecule has 1 rings (SSSR count). The molecule has 0 aliphatic carbocycles. The van der Waals surface area contributed by atoms with Crippen LogP contribution in [0.1, 0.15) is 33.6 Å². The molecule has 0 N–H and O–H groups in total. The van der Waals surface area contributed by atoms with Crippen LogP contribution in [0, 0.1) is 0 Å². The molecule has 1 aliphatic heterocycles. The second-order valence-electron chi connectivity index (χ2n) is 3.93. The van der Waals surface area contributed by atoms with E-state index in [-0.39, 0.29) is 6.04 Å². The lowest BCUT2D eigenvalue weighted by molar-refractivity contribution is -0.135. The van der Waals surface area contributed by atoms with Gasteiger partial charge in [-0.05, 0) is 32.9 Å². The quantitative estimate of drug-likeness (QED) is 0.680. The molecular formula is C11H22N2O. The van der Waals surface area contributed by atoms with Crippen LogP contribution < -0.4 is 0 Å². The van der Waals surface area contributed by atoms with Crippen molar-refractivity contribution in [3.05, 3.63) is 0 Å². The van der Waals surface area contributed by atoms with Gasteiger partial charge in [0.05, 0.1) is 6.04 Å². The molecule has 14 heavy (non-hydrogen) atoms. The Morgan fingerprint density at radius 2 is 1.79 bits per heavy atom. The van der Waals surface area contributed by atoms with Crippen molar-refractivity contribution < 1.29 is 4.79 Å². The van der Waals surface area contributed by atoms with Gasteiger partial charge >= 0.3 is 0 Å². The highest BCUT2D eigenvalue weighted by Crippen LogP contribution is 2.11. The Morgan fingerprint density at radius 3 is 2.21 bits per heavy atom. The Balaban J connectivity index is 2.49. The highest BCUT2D eigenvalue weighted by Gasteiger charge is 2.25. The van der Waals surface area contributed by atoms with E-state index >= 15 is 0 Å². The average molecular weight is 198 g/mol. The van der Waals surface area contributed by atoms with Gasteiger partial charge < -0.3 is 4.90 Å². The minimum atomic E-state index is 0.0584. The molecule has 0 spiro atoms. The van der Waals surface area contributed by atoms with Crippen LogP contribution in [0.4, 0.5) is 0 Å². The zero-order chi connectivity index (χ0) is 10.6. The van der Waals surface area contributed by atoms with Gasteiger partial charge in [0.2, 0.25) is 5.91 Å². The average Bonchev–Trinajstić information content (AvgIpc) is 2.71. The Labute approximate surface area is 87.1 Å². The number of hydrogen-bond donors (Lipinski definition) is 0. The van der Waals surface area contributed by atoms with Crippen molar-refractivity contribution in [2.24, 2.45) is 0 Å². The second kappa shape index (κ2) is 5.35. The molecule has 1 heterocycles. The molecule has 3 nitrogen and oxygen atoms in total. The van der Waals surface area contributed by atoms with Crippen LogP contribution in [0.5, 0.6) is 0 Å². The van der Waals surface area contributed by atoms with Gasteiger partial charge in [-0.15, -0.1) is 0 Å². The number of nitrogens with zero attached hydrogens (tertiary/aromatic N) is 2. The summed E-state index contributed by atoms with van der Waals surface area (Å²) in [6, 6.07) is 0.0584. The second-order valence-corrected chi connectivity index (χ2v) is 3.93. The summed E-state index contributed by atoms with van der Waals surface area (Å²) in [5.74, 6) is 0.311. The number of hydrogen-bond acceptors (Lipinski definition) is 2. The van der Waals surface area contributed by atoms with Crippen LogP contribution in [-0.2, 0) is 4.79 Å². The maximum absolute atomic E-state index is 12.0. The number of carbonyl (C=O) groups is 1. The summed E-state index contributed by atoms with van der Waals surface area (Å²) < 4.78 is 0. The van der Waals surface area contributed by atoms with Crippen LogP contribution in [0.3, 0.4) is 0 Å². The Hall–Kier alpha value is -0.570. The lowest BCUT2D eigenvalue weighted by Gasteiger charge is -2.29. The van der Waals surface area contributed by atoms with Gasteiger partial charge in [0.15, 0.2) is 0 Å². The Kier molecular flexibility index (Phi) is 4.39. The molecule has 82 valence electrons. The summed E-state index contributed by atoms with van der Waals surface area (Å²) in [5.41, 5.74) is 0. The van der Waals surface area contributed by atoms with Crippen molar-refractivity contribution in [2.45, 2.75) is 39.7 Å². The minimum absolute atomic E-state index is 0.0584. The van der Waals surface area contributed by atoms with E-state index in [4.69, 9.17) is 0 Å². The van der Waals surface area contributed by atoms with Gasteiger partial charge in [-0.25, -0.2) is 0 Å². The highest BCUT2D eigenvalue weighted by molar-refractivity contribution is 5.81. The van der Waals surface area contributed by atoms with Crippen molar-refractivity contribution in [3.63, 3.8) is 0 Å². The SMILES string of the molecule is CCN(CC)C(C)C(=O)N1CCCC1. The lowest BCUT2D eigenvalue weighted by Crippen LogP contribution is -2.46. The third-order valence-corrected chi connectivity index (χ3v) is 3.14. The highest BCUT2D eigenvalue weighted by atomic mass is 16.2. The first-order chi connectivity index (χ1) is 6.70. The van der Waals surface area contributed by atoms with E-state index in [0.717, 1.165) is 26.2 Å².